The monoisotopic (exact) mass is 1340 g/mol. The average molecular weight is 1340 g/mol. The summed E-state index contributed by atoms with van der Waals surface area (Å²) in [6.07, 6.45) is 0. The van der Waals surface area contributed by atoms with Gasteiger partial charge in [-0.05, 0) is 0 Å². The molecule has 0 spiro atoms. The molecule has 0 aromatic carbocycles. The minimum Gasteiger partial charge on any atom is -0.741 e. The van der Waals surface area contributed by atoms with Crippen LogP contribution in [0.5, 0.6) is 0 Å². The maximum atomic E-state index is 10.7. The van der Waals surface area contributed by atoms with Crippen molar-refractivity contribution in [3.63, 3.8) is 0 Å². The van der Waals surface area contributed by atoms with Gasteiger partial charge in [-0.15, -0.1) is 0 Å². The van der Waals surface area contributed by atoms with Gasteiger partial charge in [0.05, 0.1) is 0 Å². The van der Waals surface area contributed by atoms with Gasteiger partial charge < -0.3 is 37.3 Å². The maximum absolute atomic E-state index is 10.7. The van der Waals surface area contributed by atoms with Gasteiger partial charge in [0.25, 0.3) is 0 Å². The summed E-state index contributed by atoms with van der Waals surface area (Å²) in [4.78, 5) is 0. The van der Waals surface area contributed by atoms with Crippen LogP contribution in [0.15, 0.2) is 0 Å². The van der Waals surface area contributed by atoms with Crippen molar-refractivity contribution in [3.8, 4) is 0 Å². The van der Waals surface area contributed by atoms with Crippen molar-refractivity contribution in [2.24, 2.45) is 0 Å². The molecule has 0 unspecified atom stereocenters. The Hall–Kier alpha value is 0.613. The number of rotatable bonds is 0. The van der Waals surface area contributed by atoms with Crippen LogP contribution in [-0.2, 0) is 70.8 Å². The zero-order valence-electron chi connectivity index (χ0n) is 24.4. The Labute approximate surface area is 377 Å². The molecule has 0 saturated heterocycles. The Balaban J connectivity index is -0.0000000588. The van der Waals surface area contributed by atoms with E-state index in [1.807, 2.05) is 0 Å². The number of alkyl halides is 21. The first-order valence-corrected chi connectivity index (χ1v) is 18.8. The standard InChI is InChI=1S/7CHF3O3S.2Ce.H2O/c7*2-1(3,4)8(5,6)7;;;/h7*(H,5,6,7);;;1H2/q;;;;;;;+3;+4;/p-7. The van der Waals surface area contributed by atoms with Gasteiger partial charge >= 0.3 is 122 Å². The third-order valence-corrected chi connectivity index (χ3v) is 5.95. The molecule has 0 saturated carbocycles. The molecule has 22 nitrogen and oxygen atoms in total. The molecule has 1 radical (unpaired) electrons. The van der Waals surface area contributed by atoms with Gasteiger partial charge in [-0.2, -0.15) is 92.2 Å². The van der Waals surface area contributed by atoms with Crippen LogP contribution >= 0.6 is 0 Å². The van der Waals surface area contributed by atoms with E-state index in [0.717, 1.165) is 0 Å². The first-order chi connectivity index (χ1) is 22.8. The molecule has 359 valence electrons. The zero-order valence-corrected chi connectivity index (χ0v) is 36.4. The number of halogens is 21. The quantitative estimate of drug-likeness (QED) is 0.168. The van der Waals surface area contributed by atoms with Crippen molar-refractivity contribution in [3.05, 3.63) is 0 Å². The summed E-state index contributed by atoms with van der Waals surface area (Å²) in [5, 5.41) is 0. The molecule has 2 N–H and O–H groups in total. The van der Waals surface area contributed by atoms with Crippen LogP contribution < -0.4 is 0 Å². The minimum absolute atomic E-state index is 0. The van der Waals surface area contributed by atoms with Gasteiger partial charge in [0.1, 0.15) is 0 Å². The van der Waals surface area contributed by atoms with E-state index in [9.17, 15) is 92.2 Å². The topological polar surface area (TPSA) is 432 Å². The van der Waals surface area contributed by atoms with Crippen LogP contribution in [0.3, 0.4) is 0 Å². The molecule has 0 bridgehead atoms. The molecule has 0 aliphatic carbocycles. The summed E-state index contributed by atoms with van der Waals surface area (Å²) in [5.74, 6) is 0. The Morgan fingerprint density at radius 3 is 0.237 bits per heavy atom. The Morgan fingerprint density at radius 1 is 0.220 bits per heavy atom. The van der Waals surface area contributed by atoms with E-state index in [0.29, 0.717) is 0 Å². The first kappa shape index (κ1) is 83.2. The summed E-state index contributed by atoms with van der Waals surface area (Å²) in [6, 6.07) is 0. The van der Waals surface area contributed by atoms with Crippen LogP contribution in [0, 0.1) is 83.5 Å². The smallest absolute Gasteiger partial charge is 0.741 e. The van der Waals surface area contributed by atoms with Gasteiger partial charge in [0, 0.05) is 0 Å². The largest absolute Gasteiger partial charge is 4.00 e. The summed E-state index contributed by atoms with van der Waals surface area (Å²) >= 11 is 0. The van der Waals surface area contributed by atoms with E-state index in [-0.39, 0.29) is 89.0 Å². The molecule has 0 aliphatic rings. The van der Waals surface area contributed by atoms with Crippen molar-refractivity contribution < 1.29 is 272 Å². The van der Waals surface area contributed by atoms with E-state index in [4.69, 9.17) is 90.8 Å². The predicted octanol–water partition coefficient (Wildman–Crippen LogP) is -0.465. The first-order valence-electron chi connectivity index (χ1n) is 8.90. The third kappa shape index (κ3) is 46.4. The number of hydrogen-bond acceptors (Lipinski definition) is 21. The third-order valence-electron chi connectivity index (χ3n) is 1.98. The molecule has 0 amide bonds. The fourth-order valence-corrected chi connectivity index (χ4v) is 0. The second kappa shape index (κ2) is 27.2. The molecule has 0 aliphatic heterocycles. The van der Waals surface area contributed by atoms with Gasteiger partial charge in [-0.25, -0.2) is 58.9 Å². The summed E-state index contributed by atoms with van der Waals surface area (Å²) in [6.45, 7) is 0. The maximum Gasteiger partial charge on any atom is 4.00 e. The number of hydrogen-bond donors (Lipinski definition) is 0. The fourth-order valence-electron chi connectivity index (χ4n) is 0. The van der Waals surface area contributed by atoms with Gasteiger partial charge in [0.15, 0.2) is 70.8 Å². The van der Waals surface area contributed by atoms with Crippen molar-refractivity contribution in [2.75, 3.05) is 0 Å². The van der Waals surface area contributed by atoms with Crippen molar-refractivity contribution in [1.82, 2.24) is 0 Å². The fraction of sp³-hybridized carbons (Fsp3) is 1.00. The van der Waals surface area contributed by atoms with Crippen molar-refractivity contribution in [2.45, 2.75) is 38.6 Å². The minimum atomic E-state index is -6.09. The second-order valence-corrected chi connectivity index (χ2v) is 15.9. The van der Waals surface area contributed by atoms with Crippen LogP contribution in [0.2, 0.25) is 0 Å². The molecular formula is C7H2Ce2F21O22S7. The van der Waals surface area contributed by atoms with E-state index in [1.165, 1.54) is 0 Å². The molecule has 0 fully saturated rings. The molecule has 52 heteroatoms. The van der Waals surface area contributed by atoms with E-state index >= 15 is 0 Å². The zero-order chi connectivity index (χ0) is 49.0. The van der Waals surface area contributed by atoms with Crippen molar-refractivity contribution >= 4 is 70.8 Å². The molecular weight excluding hydrogens is 1340 g/mol. The normalized spacial score (nSPS) is 13.3. The molecule has 0 atom stereocenters. The molecule has 0 aromatic heterocycles. The average Bonchev–Trinajstić information content (AvgIpc) is 2.72. The van der Waals surface area contributed by atoms with Gasteiger partial charge in [0.2, 0.25) is 0 Å². The van der Waals surface area contributed by atoms with Crippen LogP contribution in [0.1, 0.15) is 0 Å². The predicted molar refractivity (Wildman–Crippen MR) is 114 cm³/mol. The van der Waals surface area contributed by atoms with Crippen molar-refractivity contribution in [1.29, 1.82) is 0 Å². The van der Waals surface area contributed by atoms with Gasteiger partial charge in [-0.1, -0.05) is 0 Å². The summed E-state index contributed by atoms with van der Waals surface area (Å²) < 4.78 is 412. The Bertz CT molecular complexity index is 1570. The van der Waals surface area contributed by atoms with E-state index in [2.05, 4.69) is 0 Å². The summed E-state index contributed by atoms with van der Waals surface area (Å²) in [7, 11) is -42.6. The van der Waals surface area contributed by atoms with Crippen LogP contribution in [0.4, 0.5) is 92.2 Å². The summed E-state index contributed by atoms with van der Waals surface area (Å²) in [5.41, 5.74) is -39.5. The van der Waals surface area contributed by atoms with E-state index in [1.54, 1.807) is 0 Å². The molecule has 0 aromatic rings. The van der Waals surface area contributed by atoms with E-state index < -0.39 is 109 Å². The Kier molecular flexibility index (Phi) is 38.3. The van der Waals surface area contributed by atoms with Crippen LogP contribution in [0.25, 0.3) is 0 Å². The Morgan fingerprint density at radius 2 is 0.237 bits per heavy atom. The SMILES string of the molecule is O.O=S(=O)([O-])C(F)(F)F.O=S(=O)([O-])C(F)(F)F.O=S(=O)([O-])C(F)(F)F.O=S(=O)([O-])C(F)(F)F.O=S(=O)([O-])C(F)(F)F.O=S(=O)([O-])C(F)(F)F.O=S(=O)([O-])C(F)(F)F.[Ce+3].[Ce+4]. The second-order valence-electron chi connectivity index (χ2n) is 6.30. The molecule has 59 heavy (non-hydrogen) atoms. The molecule has 0 rings (SSSR count). The van der Waals surface area contributed by atoms with Crippen LogP contribution in [-0.4, -0.2) is 135 Å². The molecule has 0 heterocycles. The van der Waals surface area contributed by atoms with Gasteiger partial charge in [-0.3, -0.25) is 0 Å².